The van der Waals surface area contributed by atoms with Gasteiger partial charge in [0.25, 0.3) is 0 Å². The largest absolute Gasteiger partial charge is 0.508 e. The summed E-state index contributed by atoms with van der Waals surface area (Å²) in [5, 5.41) is 55.1. The number of aliphatic hydroxyl groups excluding tert-OH is 2. The fourth-order valence-electron chi connectivity index (χ4n) is 9.09. The Morgan fingerprint density at radius 3 is 1.96 bits per heavy atom. The predicted molar refractivity (Wildman–Crippen MR) is 275 cm³/mol. The number of likely N-dealkylation sites (N-methyl/N-ethyl adjacent to an activating group) is 1. The Morgan fingerprint density at radius 1 is 0.763 bits per heavy atom. The molecule has 22 nitrogen and oxygen atoms in total. The zero-order valence-corrected chi connectivity index (χ0v) is 43.6. The van der Waals surface area contributed by atoms with E-state index in [9.17, 15) is 63.6 Å². The number of piperidine rings is 1. The molecule has 8 amide bonds. The fraction of sp³-hybridized carbons (Fsp3) is 0.500. The number of nitrogens with zero attached hydrogens (tertiary/aromatic N) is 2. The van der Waals surface area contributed by atoms with E-state index in [1.165, 1.54) is 67.4 Å². The van der Waals surface area contributed by atoms with Crippen molar-refractivity contribution in [3.63, 3.8) is 0 Å². The number of aromatic hydroxyl groups is 2. The Balaban J connectivity index is 1.61. The highest BCUT2D eigenvalue weighted by Crippen LogP contribution is 2.27. The number of phenols is 2. The first-order chi connectivity index (χ1) is 36.0. The number of aliphatic hydroxyl groups is 2. The standard InChI is InChI=1S/C54H72N8O14/c1-7-30(4)45-54(75)76-31(5)46(60-47(68)37(21-23-43(55)66)56-50(71)42(65)28-34-15-19-36(64)20-16-34)51(72)58-39(26-33-13-17-35(63)18-14-33)48(69)57-38-22-24-44(67)62(52(38)73)41(25-29(2)3)53(74)61(6)40(49(70)59-45)27-32-11-9-8-10-12-32/h8-20,29-31,37-42,44-46,63-65,67H,7,21-28H2,1-6H3,(H2,55,66)(H,56,71)(H,57,69)(H,58,72)(H,59,70)(H,60,68). The average molecular weight is 1060 g/mol. The van der Waals surface area contributed by atoms with Crippen LogP contribution in [0.3, 0.4) is 0 Å². The molecule has 0 radical (unpaired) electrons. The van der Waals surface area contributed by atoms with Crippen molar-refractivity contribution in [1.29, 1.82) is 0 Å². The van der Waals surface area contributed by atoms with Gasteiger partial charge in [-0.3, -0.25) is 38.4 Å². The minimum absolute atomic E-state index is 0.0339. The van der Waals surface area contributed by atoms with E-state index in [1.54, 1.807) is 44.2 Å². The van der Waals surface area contributed by atoms with E-state index in [0.717, 1.165) is 4.90 Å². The van der Waals surface area contributed by atoms with Gasteiger partial charge in [0.1, 0.15) is 72.2 Å². The number of rotatable bonds is 17. The summed E-state index contributed by atoms with van der Waals surface area (Å²) < 4.78 is 5.96. The molecule has 2 heterocycles. The van der Waals surface area contributed by atoms with E-state index in [2.05, 4.69) is 26.6 Å². The van der Waals surface area contributed by atoms with Crippen LogP contribution in [0.4, 0.5) is 0 Å². The molecule has 3 aromatic carbocycles. The highest BCUT2D eigenvalue weighted by atomic mass is 16.5. The number of amides is 8. The molecular formula is C54H72N8O14. The fourth-order valence-corrected chi connectivity index (χ4v) is 9.09. The second kappa shape index (κ2) is 27.3. The first-order valence-electron chi connectivity index (χ1n) is 25.5. The maximum atomic E-state index is 14.9. The van der Waals surface area contributed by atoms with Gasteiger partial charge < -0.3 is 67.3 Å². The van der Waals surface area contributed by atoms with Crippen LogP contribution in [-0.4, -0.2) is 151 Å². The minimum Gasteiger partial charge on any atom is -0.508 e. The number of nitrogens with one attached hydrogen (secondary N) is 5. The molecule has 2 bridgehead atoms. The van der Waals surface area contributed by atoms with Crippen molar-refractivity contribution in [3.05, 3.63) is 95.6 Å². The number of carbonyl (C=O) groups is 9. The smallest absolute Gasteiger partial charge is 0.329 e. The number of hydrogen-bond donors (Lipinski definition) is 10. The van der Waals surface area contributed by atoms with Crippen LogP contribution in [0.5, 0.6) is 11.5 Å². The number of primary amides is 1. The van der Waals surface area contributed by atoms with Gasteiger partial charge in [0.15, 0.2) is 0 Å². The molecule has 0 aromatic heterocycles. The van der Waals surface area contributed by atoms with Crippen molar-refractivity contribution in [3.8, 4) is 11.5 Å². The molecule has 3 aromatic rings. The van der Waals surface area contributed by atoms with Crippen LogP contribution in [0.15, 0.2) is 78.9 Å². The lowest BCUT2D eigenvalue weighted by atomic mass is 9.94. The molecule has 2 aliphatic heterocycles. The topological polar surface area (TPSA) is 336 Å². The van der Waals surface area contributed by atoms with Gasteiger partial charge in [-0.05, 0) is 85.4 Å². The van der Waals surface area contributed by atoms with Crippen molar-refractivity contribution in [2.45, 2.75) is 153 Å². The highest BCUT2D eigenvalue weighted by molar-refractivity contribution is 5.98. The minimum atomic E-state index is -1.91. The summed E-state index contributed by atoms with van der Waals surface area (Å²) in [6, 6.07) is 9.45. The maximum Gasteiger partial charge on any atom is 0.329 e. The molecule has 11 atom stereocenters. The molecule has 412 valence electrons. The van der Waals surface area contributed by atoms with Crippen LogP contribution in [0, 0.1) is 11.8 Å². The molecule has 22 heteroatoms. The molecule has 2 saturated heterocycles. The van der Waals surface area contributed by atoms with Crippen molar-refractivity contribution in [2.75, 3.05) is 7.05 Å². The van der Waals surface area contributed by atoms with Crippen LogP contribution < -0.4 is 32.3 Å². The molecule has 76 heavy (non-hydrogen) atoms. The zero-order chi connectivity index (χ0) is 56.0. The first kappa shape index (κ1) is 59.3. The number of carbonyl (C=O) groups excluding carboxylic acids is 9. The van der Waals surface area contributed by atoms with Crippen molar-refractivity contribution in [2.24, 2.45) is 17.6 Å². The summed E-state index contributed by atoms with van der Waals surface area (Å²) in [7, 11) is 1.39. The van der Waals surface area contributed by atoms with Crippen molar-refractivity contribution < 1.29 is 68.3 Å². The van der Waals surface area contributed by atoms with E-state index < -0.39 is 133 Å². The Bertz CT molecular complexity index is 2530. The number of ether oxygens (including phenoxy) is 1. The third kappa shape index (κ3) is 16.2. The molecule has 2 aliphatic rings. The van der Waals surface area contributed by atoms with Crippen LogP contribution >= 0.6 is 0 Å². The van der Waals surface area contributed by atoms with Crippen LogP contribution in [0.2, 0.25) is 0 Å². The molecule has 5 rings (SSSR count). The second-order valence-electron chi connectivity index (χ2n) is 20.0. The number of cyclic esters (lactones) is 1. The Hall–Kier alpha value is -7.59. The third-order valence-electron chi connectivity index (χ3n) is 13.7. The number of hydrogen-bond acceptors (Lipinski definition) is 14. The molecule has 0 spiro atoms. The number of phenolic OH excluding ortho intramolecular Hbond substituents is 2. The lowest BCUT2D eigenvalue weighted by molar-refractivity contribution is -0.166. The van der Waals surface area contributed by atoms with Gasteiger partial charge in [0, 0.05) is 32.7 Å². The van der Waals surface area contributed by atoms with Crippen molar-refractivity contribution in [1.82, 2.24) is 36.4 Å². The van der Waals surface area contributed by atoms with Gasteiger partial charge in [0.2, 0.25) is 47.3 Å². The normalized spacial score (nSPS) is 24.3. The Kier molecular flexibility index (Phi) is 21.3. The van der Waals surface area contributed by atoms with Gasteiger partial charge >= 0.3 is 5.97 Å². The lowest BCUT2D eigenvalue weighted by Crippen LogP contribution is -2.65. The summed E-state index contributed by atoms with van der Waals surface area (Å²) in [6.07, 6.45) is -6.21. The van der Waals surface area contributed by atoms with Gasteiger partial charge in [0.05, 0.1) is 0 Å². The van der Waals surface area contributed by atoms with Gasteiger partial charge in [-0.2, -0.15) is 0 Å². The highest BCUT2D eigenvalue weighted by Gasteiger charge is 2.46. The summed E-state index contributed by atoms with van der Waals surface area (Å²) in [4.78, 5) is 130. The summed E-state index contributed by atoms with van der Waals surface area (Å²) in [6.45, 7) is 8.30. The molecular weight excluding hydrogens is 985 g/mol. The Morgan fingerprint density at radius 2 is 1.37 bits per heavy atom. The van der Waals surface area contributed by atoms with E-state index >= 15 is 0 Å². The van der Waals surface area contributed by atoms with Gasteiger partial charge in [-0.1, -0.05) is 88.7 Å². The van der Waals surface area contributed by atoms with Crippen LogP contribution in [0.1, 0.15) is 89.8 Å². The van der Waals surface area contributed by atoms with Gasteiger partial charge in [-0.15, -0.1) is 0 Å². The number of nitrogens with two attached hydrogens (primary N) is 1. The lowest BCUT2D eigenvalue weighted by Gasteiger charge is -2.43. The van der Waals surface area contributed by atoms with E-state index in [4.69, 9.17) is 10.5 Å². The average Bonchev–Trinajstić information content (AvgIpc) is 3.38. The molecule has 0 saturated carbocycles. The second-order valence-corrected chi connectivity index (χ2v) is 20.0. The molecule has 11 unspecified atom stereocenters. The van der Waals surface area contributed by atoms with Crippen LogP contribution in [-0.2, 0) is 67.2 Å². The SMILES string of the molecule is CCC(C)C1NC(=O)C(Cc2ccccc2)N(C)C(=O)C(CC(C)C)N2C(=O)C(CCC2O)NC(=O)C(Cc2ccc(O)cc2)NC(=O)C(NC(=O)C(CCC(N)=O)NC(=O)C(O)Cc2ccc(O)cc2)C(C)OC1=O. The van der Waals surface area contributed by atoms with Crippen LogP contribution in [0.25, 0.3) is 0 Å². The van der Waals surface area contributed by atoms with E-state index in [-0.39, 0.29) is 55.9 Å². The Labute approximate surface area is 441 Å². The van der Waals surface area contributed by atoms with Gasteiger partial charge in [-0.25, -0.2) is 4.79 Å². The van der Waals surface area contributed by atoms with E-state index in [0.29, 0.717) is 23.1 Å². The third-order valence-corrected chi connectivity index (χ3v) is 13.7. The molecule has 2 fully saturated rings. The molecule has 11 N–H and O–H groups in total. The number of benzene rings is 3. The maximum absolute atomic E-state index is 14.9. The summed E-state index contributed by atoms with van der Waals surface area (Å²) in [5.41, 5.74) is 6.93. The van der Waals surface area contributed by atoms with Crippen molar-refractivity contribution >= 4 is 53.2 Å². The van der Waals surface area contributed by atoms with E-state index in [1.807, 2.05) is 13.8 Å². The predicted octanol–water partition coefficient (Wildman–Crippen LogP) is 0.350. The number of esters is 1. The zero-order valence-electron chi connectivity index (χ0n) is 43.6. The monoisotopic (exact) mass is 1060 g/mol. The first-order valence-corrected chi connectivity index (χ1v) is 25.5. The number of fused-ring (bicyclic) bond motifs is 2. The molecule has 0 aliphatic carbocycles. The summed E-state index contributed by atoms with van der Waals surface area (Å²) >= 11 is 0. The summed E-state index contributed by atoms with van der Waals surface area (Å²) in [5.74, 6) is -9.50. The quantitative estimate of drug-likeness (QED) is 0.0817.